The first-order valence-corrected chi connectivity index (χ1v) is 8.32. The summed E-state index contributed by atoms with van der Waals surface area (Å²) in [6.07, 6.45) is 5.03. The minimum Gasteiger partial charge on any atom is -0.391 e. The van der Waals surface area contributed by atoms with Crippen molar-refractivity contribution >= 4 is 17.5 Å². The minimum absolute atomic E-state index is 0.186. The molecule has 1 atom stereocenters. The van der Waals surface area contributed by atoms with Crippen molar-refractivity contribution < 1.29 is 9.84 Å². The molecule has 4 N–H and O–H groups in total. The highest BCUT2D eigenvalue weighted by Gasteiger charge is 2.18. The molecule has 130 valence electrons. The van der Waals surface area contributed by atoms with E-state index in [-0.39, 0.29) is 12.1 Å². The lowest BCUT2D eigenvalue weighted by atomic mass is 10.2. The van der Waals surface area contributed by atoms with E-state index in [1.807, 2.05) is 0 Å². The number of nitrogens with two attached hydrogens (primary N) is 1. The number of nitrogens with zero attached hydrogens (tertiary/aromatic N) is 4. The van der Waals surface area contributed by atoms with Crippen molar-refractivity contribution in [3.05, 3.63) is 23.2 Å². The third-order valence-corrected chi connectivity index (χ3v) is 4.15. The molecule has 0 bridgehead atoms. The summed E-state index contributed by atoms with van der Waals surface area (Å²) in [5.41, 5.74) is 7.11. The topological polar surface area (TPSA) is 111 Å². The van der Waals surface area contributed by atoms with Crippen LogP contribution in [0.1, 0.15) is 18.7 Å². The number of aliphatic hydroxyl groups is 1. The largest absolute Gasteiger partial charge is 0.391 e. The molecule has 0 aliphatic carbocycles. The molecule has 8 nitrogen and oxygen atoms in total. The Kier molecular flexibility index (Phi) is 5.62. The van der Waals surface area contributed by atoms with Crippen LogP contribution in [-0.4, -0.2) is 50.5 Å². The fourth-order valence-electron chi connectivity index (χ4n) is 2.67. The lowest BCUT2D eigenvalue weighted by Crippen LogP contribution is -2.28. The predicted octanol–water partition coefficient (Wildman–Crippen LogP) is 0.837. The zero-order chi connectivity index (χ0) is 16.9. The minimum atomic E-state index is -0.186. The molecule has 0 spiro atoms. The smallest absolute Gasteiger partial charge is 0.220 e. The molecule has 4 heterocycles. The summed E-state index contributed by atoms with van der Waals surface area (Å²) < 4.78 is 7.03. The SMILES string of the molecule is Nc1ncc(Cl)c(-c2cnc3n2CCNC3)n1.OC1CCCOC1. The van der Waals surface area contributed by atoms with E-state index in [2.05, 4.69) is 24.8 Å². The van der Waals surface area contributed by atoms with Gasteiger partial charge in [0.25, 0.3) is 0 Å². The molecule has 2 aliphatic heterocycles. The van der Waals surface area contributed by atoms with E-state index in [4.69, 9.17) is 27.2 Å². The van der Waals surface area contributed by atoms with Gasteiger partial charge in [0.15, 0.2) is 0 Å². The van der Waals surface area contributed by atoms with E-state index < -0.39 is 0 Å². The van der Waals surface area contributed by atoms with Crippen LogP contribution in [0, 0.1) is 0 Å². The van der Waals surface area contributed by atoms with Gasteiger partial charge in [0.1, 0.15) is 11.5 Å². The Morgan fingerprint density at radius 3 is 2.96 bits per heavy atom. The second-order valence-electron chi connectivity index (χ2n) is 5.68. The summed E-state index contributed by atoms with van der Waals surface area (Å²) in [4.78, 5) is 12.4. The van der Waals surface area contributed by atoms with Crippen molar-refractivity contribution in [2.24, 2.45) is 0 Å². The van der Waals surface area contributed by atoms with E-state index in [9.17, 15) is 0 Å². The second kappa shape index (κ2) is 7.89. The number of fused-ring (bicyclic) bond motifs is 1. The first kappa shape index (κ1) is 17.1. The van der Waals surface area contributed by atoms with Crippen LogP contribution in [0.4, 0.5) is 5.95 Å². The van der Waals surface area contributed by atoms with Gasteiger partial charge in [-0.3, -0.25) is 0 Å². The average molecular weight is 353 g/mol. The third-order valence-electron chi connectivity index (χ3n) is 3.88. The molecule has 2 aromatic heterocycles. The molecule has 2 aliphatic rings. The predicted molar refractivity (Wildman–Crippen MR) is 90.4 cm³/mol. The molecule has 0 saturated carbocycles. The van der Waals surface area contributed by atoms with Crippen molar-refractivity contribution in [2.45, 2.75) is 32.0 Å². The van der Waals surface area contributed by atoms with E-state index >= 15 is 0 Å². The quantitative estimate of drug-likeness (QED) is 0.697. The highest BCUT2D eigenvalue weighted by molar-refractivity contribution is 6.32. The molecule has 9 heteroatoms. The van der Waals surface area contributed by atoms with Crippen molar-refractivity contribution in [1.29, 1.82) is 0 Å². The van der Waals surface area contributed by atoms with Crippen LogP contribution in [0.25, 0.3) is 11.4 Å². The van der Waals surface area contributed by atoms with Crippen LogP contribution in [0.15, 0.2) is 12.4 Å². The molecular formula is C15H21ClN6O2. The zero-order valence-corrected chi connectivity index (χ0v) is 14.0. The van der Waals surface area contributed by atoms with Crippen molar-refractivity contribution in [1.82, 2.24) is 24.8 Å². The van der Waals surface area contributed by atoms with Gasteiger partial charge in [0.05, 0.1) is 42.4 Å². The summed E-state index contributed by atoms with van der Waals surface area (Å²) in [5, 5.41) is 12.5. The molecule has 1 saturated heterocycles. The summed E-state index contributed by atoms with van der Waals surface area (Å²) in [6, 6.07) is 0. The van der Waals surface area contributed by atoms with Gasteiger partial charge in [-0.1, -0.05) is 11.6 Å². The summed E-state index contributed by atoms with van der Waals surface area (Å²) >= 11 is 6.09. The molecule has 24 heavy (non-hydrogen) atoms. The van der Waals surface area contributed by atoms with Gasteiger partial charge in [-0.25, -0.2) is 15.0 Å². The monoisotopic (exact) mass is 352 g/mol. The lowest BCUT2D eigenvalue weighted by molar-refractivity contribution is -0.00535. The van der Waals surface area contributed by atoms with Crippen molar-refractivity contribution in [3.8, 4) is 11.4 Å². The molecule has 1 fully saturated rings. The standard InChI is InChI=1S/C10H11ClN6.C5H10O2/c11-6-3-15-10(12)16-9(6)7-4-14-8-5-13-1-2-17(7)8;6-5-2-1-3-7-4-5/h3-4,13H,1-2,5H2,(H2,12,15,16);5-6H,1-4H2. The molecule has 0 radical (unpaired) electrons. The Bertz CT molecular complexity index is 687. The average Bonchev–Trinajstić information content (AvgIpc) is 3.02. The van der Waals surface area contributed by atoms with E-state index in [1.54, 1.807) is 6.20 Å². The molecule has 2 aromatic rings. The number of anilines is 1. The van der Waals surface area contributed by atoms with Crippen LogP contribution in [0.5, 0.6) is 0 Å². The Morgan fingerprint density at radius 1 is 1.38 bits per heavy atom. The number of aromatic nitrogens is 4. The number of hydrogen-bond acceptors (Lipinski definition) is 7. The van der Waals surface area contributed by atoms with Gasteiger partial charge in [-0.05, 0) is 12.8 Å². The van der Waals surface area contributed by atoms with E-state index in [0.29, 0.717) is 17.3 Å². The van der Waals surface area contributed by atoms with Crippen LogP contribution in [-0.2, 0) is 17.8 Å². The molecule has 0 aromatic carbocycles. The van der Waals surface area contributed by atoms with Gasteiger partial charge in [-0.2, -0.15) is 0 Å². The van der Waals surface area contributed by atoms with E-state index in [0.717, 1.165) is 50.6 Å². The van der Waals surface area contributed by atoms with Crippen LogP contribution in [0.3, 0.4) is 0 Å². The lowest BCUT2D eigenvalue weighted by Gasteiger charge is -2.17. The van der Waals surface area contributed by atoms with Crippen LogP contribution >= 0.6 is 11.6 Å². The second-order valence-corrected chi connectivity index (χ2v) is 6.09. The first-order valence-electron chi connectivity index (χ1n) is 7.94. The number of aliphatic hydroxyl groups excluding tert-OH is 1. The Balaban J connectivity index is 0.000000203. The van der Waals surface area contributed by atoms with Gasteiger partial charge < -0.3 is 25.5 Å². The number of rotatable bonds is 1. The number of nitrogen functional groups attached to an aromatic ring is 1. The number of nitrogens with one attached hydrogen (secondary N) is 1. The molecule has 0 amide bonds. The molecule has 4 rings (SSSR count). The van der Waals surface area contributed by atoms with Crippen LogP contribution < -0.4 is 11.1 Å². The summed E-state index contributed by atoms with van der Waals surface area (Å²) in [7, 11) is 0. The maximum Gasteiger partial charge on any atom is 0.220 e. The number of ether oxygens (including phenoxy) is 1. The fourth-order valence-corrected chi connectivity index (χ4v) is 2.86. The van der Waals surface area contributed by atoms with Gasteiger partial charge >= 0.3 is 0 Å². The highest BCUT2D eigenvalue weighted by Crippen LogP contribution is 2.27. The first-order chi connectivity index (χ1) is 11.6. The number of halogens is 1. The third kappa shape index (κ3) is 4.02. The molecule has 1 unspecified atom stereocenters. The Labute approximate surface area is 145 Å². The zero-order valence-electron chi connectivity index (χ0n) is 13.3. The van der Waals surface area contributed by atoms with Crippen LogP contribution in [0.2, 0.25) is 5.02 Å². The van der Waals surface area contributed by atoms with Crippen molar-refractivity contribution in [2.75, 3.05) is 25.5 Å². The maximum atomic E-state index is 8.78. The normalized spacial score (nSPS) is 20.0. The van der Waals surface area contributed by atoms with Gasteiger partial charge in [0, 0.05) is 19.7 Å². The summed E-state index contributed by atoms with van der Waals surface area (Å²) in [5.74, 6) is 1.20. The maximum absolute atomic E-state index is 8.78. The molecular weight excluding hydrogens is 332 g/mol. The van der Waals surface area contributed by atoms with Gasteiger partial charge in [0.2, 0.25) is 5.95 Å². The Morgan fingerprint density at radius 2 is 2.25 bits per heavy atom. The Hall–Kier alpha value is -1.74. The van der Waals surface area contributed by atoms with Crippen molar-refractivity contribution in [3.63, 3.8) is 0 Å². The van der Waals surface area contributed by atoms with Gasteiger partial charge in [-0.15, -0.1) is 0 Å². The highest BCUT2D eigenvalue weighted by atomic mass is 35.5. The number of hydrogen-bond donors (Lipinski definition) is 3. The van der Waals surface area contributed by atoms with E-state index in [1.165, 1.54) is 6.20 Å². The fraction of sp³-hybridized carbons (Fsp3) is 0.533. The summed E-state index contributed by atoms with van der Waals surface area (Å²) in [6.45, 7) is 3.90. The number of imidazole rings is 1.